The summed E-state index contributed by atoms with van der Waals surface area (Å²) in [6.45, 7) is 0. The Hall–Kier alpha value is -2.14. The van der Waals surface area contributed by atoms with Gasteiger partial charge in [-0.2, -0.15) is 5.23 Å². The third kappa shape index (κ3) is 2.95. The molecule has 2 aromatic carbocycles. The van der Waals surface area contributed by atoms with Crippen LogP contribution in [-0.4, -0.2) is 5.21 Å². The quantitative estimate of drug-likeness (QED) is 0.437. The second-order valence-electron chi connectivity index (χ2n) is 3.90. The van der Waals surface area contributed by atoms with Crippen molar-refractivity contribution in [2.24, 2.45) is 0 Å². The lowest BCUT2D eigenvalue weighted by Crippen LogP contribution is -2.99. The molecule has 4 heteroatoms. The van der Waals surface area contributed by atoms with Gasteiger partial charge in [0.15, 0.2) is 5.69 Å². The molecule has 4 nitrogen and oxygen atoms in total. The fourth-order valence-corrected chi connectivity index (χ4v) is 1.65. The summed E-state index contributed by atoms with van der Waals surface area (Å²) < 4.78 is 0. The van der Waals surface area contributed by atoms with Gasteiger partial charge in [0.2, 0.25) is 0 Å². The molecule has 92 valence electrons. The van der Waals surface area contributed by atoms with Gasteiger partial charge < -0.3 is 10.9 Å². The average molecular weight is 242 g/mol. The van der Waals surface area contributed by atoms with Crippen molar-refractivity contribution in [1.29, 1.82) is 0 Å². The highest BCUT2D eigenvalue weighted by Crippen LogP contribution is 2.18. The Morgan fingerprint density at radius 1 is 1.06 bits per heavy atom. The van der Waals surface area contributed by atoms with Crippen molar-refractivity contribution in [2.75, 3.05) is 5.73 Å². The van der Waals surface area contributed by atoms with Crippen molar-refractivity contribution in [3.63, 3.8) is 0 Å². The van der Waals surface area contributed by atoms with Crippen molar-refractivity contribution in [2.45, 2.75) is 0 Å². The van der Waals surface area contributed by atoms with Crippen LogP contribution in [0.25, 0.3) is 12.2 Å². The molecule has 0 radical (unpaired) electrons. The number of anilines is 1. The van der Waals surface area contributed by atoms with Crippen LogP contribution in [0.3, 0.4) is 0 Å². The van der Waals surface area contributed by atoms with Crippen LogP contribution in [0.4, 0.5) is 11.4 Å². The number of nitrogens with two attached hydrogens (primary N) is 1. The van der Waals surface area contributed by atoms with Crippen molar-refractivity contribution in [3.8, 4) is 0 Å². The van der Waals surface area contributed by atoms with Gasteiger partial charge in [0.25, 0.3) is 0 Å². The van der Waals surface area contributed by atoms with Crippen LogP contribution in [0.15, 0.2) is 48.5 Å². The van der Waals surface area contributed by atoms with E-state index in [4.69, 9.17) is 10.9 Å². The molecule has 1 atom stereocenters. The molecule has 4 N–H and O–H groups in total. The summed E-state index contributed by atoms with van der Waals surface area (Å²) in [7, 11) is 0. The topological polar surface area (TPSA) is 73.8 Å². The number of nitrogens with one attached hydrogen (secondary N) is 1. The molecule has 0 saturated heterocycles. The van der Waals surface area contributed by atoms with Crippen LogP contribution in [0.5, 0.6) is 0 Å². The summed E-state index contributed by atoms with van der Waals surface area (Å²) in [5.41, 5.74) is 7.90. The Kier molecular flexibility index (Phi) is 3.74. The van der Waals surface area contributed by atoms with E-state index in [1.807, 2.05) is 36.4 Å². The second kappa shape index (κ2) is 5.46. The molecular formula is C14H14N2O2. The molecular weight excluding hydrogens is 228 g/mol. The lowest BCUT2D eigenvalue weighted by Gasteiger charge is -2.14. The van der Waals surface area contributed by atoms with E-state index in [9.17, 15) is 5.21 Å². The van der Waals surface area contributed by atoms with Crippen LogP contribution < -0.4 is 11.0 Å². The lowest BCUT2D eigenvalue weighted by molar-refractivity contribution is -0.991. The average Bonchev–Trinajstić information content (AvgIpc) is 2.38. The smallest absolute Gasteiger partial charge is 0.173 e. The molecule has 18 heavy (non-hydrogen) atoms. The van der Waals surface area contributed by atoms with Gasteiger partial charge in [-0.05, 0) is 23.8 Å². The first-order valence-electron chi connectivity index (χ1n) is 5.53. The van der Waals surface area contributed by atoms with E-state index in [1.54, 1.807) is 18.2 Å². The van der Waals surface area contributed by atoms with Crippen molar-refractivity contribution in [1.82, 2.24) is 0 Å². The number of rotatable bonds is 3. The fraction of sp³-hybridized carbons (Fsp3) is 0. The first kappa shape index (κ1) is 12.3. The van der Waals surface area contributed by atoms with Gasteiger partial charge in [-0.15, -0.1) is 0 Å². The molecule has 0 heterocycles. The van der Waals surface area contributed by atoms with E-state index in [-0.39, 0.29) is 5.69 Å². The fourth-order valence-electron chi connectivity index (χ4n) is 1.65. The summed E-state index contributed by atoms with van der Waals surface area (Å²) in [5, 5.41) is 19.2. The molecule has 0 bridgehead atoms. The molecule has 0 saturated carbocycles. The zero-order valence-electron chi connectivity index (χ0n) is 9.71. The van der Waals surface area contributed by atoms with Gasteiger partial charge in [-0.25, -0.2) is 5.21 Å². The molecule has 1 unspecified atom stereocenters. The zero-order chi connectivity index (χ0) is 13.0. The highest BCUT2D eigenvalue weighted by molar-refractivity contribution is 5.75. The Morgan fingerprint density at radius 3 is 2.44 bits per heavy atom. The largest absolute Gasteiger partial charge is 0.595 e. The van der Waals surface area contributed by atoms with E-state index in [1.165, 1.54) is 6.07 Å². The minimum Gasteiger partial charge on any atom is -0.595 e. The maximum absolute atomic E-state index is 11.1. The number of quaternary nitrogens is 1. The summed E-state index contributed by atoms with van der Waals surface area (Å²) in [4.78, 5) is 0. The number of benzene rings is 2. The lowest BCUT2D eigenvalue weighted by atomic mass is 10.1. The first-order valence-corrected chi connectivity index (χ1v) is 5.53. The van der Waals surface area contributed by atoms with Gasteiger partial charge >= 0.3 is 0 Å². The minimum absolute atomic E-state index is 0.210. The highest BCUT2D eigenvalue weighted by Gasteiger charge is 2.06. The number of hydrogen-bond donors (Lipinski definition) is 3. The predicted octanol–water partition coefficient (Wildman–Crippen LogP) is 1.84. The Labute approximate surface area is 105 Å². The van der Waals surface area contributed by atoms with Gasteiger partial charge in [0.1, 0.15) is 0 Å². The van der Waals surface area contributed by atoms with Crippen LogP contribution in [0.2, 0.25) is 0 Å². The molecule has 0 aliphatic rings. The van der Waals surface area contributed by atoms with E-state index >= 15 is 0 Å². The van der Waals surface area contributed by atoms with E-state index in [2.05, 4.69) is 0 Å². The summed E-state index contributed by atoms with van der Waals surface area (Å²) in [6.07, 6.45) is 3.65. The maximum atomic E-state index is 11.1. The van der Waals surface area contributed by atoms with Crippen molar-refractivity contribution < 1.29 is 10.4 Å². The zero-order valence-corrected chi connectivity index (χ0v) is 9.71. The van der Waals surface area contributed by atoms with Crippen LogP contribution in [0.1, 0.15) is 11.1 Å². The molecule has 2 rings (SSSR count). The van der Waals surface area contributed by atoms with E-state index in [0.717, 1.165) is 5.56 Å². The van der Waals surface area contributed by atoms with Crippen molar-refractivity contribution >= 4 is 23.5 Å². The van der Waals surface area contributed by atoms with Gasteiger partial charge in [-0.3, -0.25) is 0 Å². The van der Waals surface area contributed by atoms with Gasteiger partial charge in [-0.1, -0.05) is 36.4 Å². The summed E-state index contributed by atoms with van der Waals surface area (Å²) in [6, 6.07) is 14.6. The molecule has 0 fully saturated rings. The normalized spacial score (nSPS) is 12.8. The van der Waals surface area contributed by atoms with Crippen LogP contribution >= 0.6 is 0 Å². The maximum Gasteiger partial charge on any atom is 0.173 e. The SMILES string of the molecule is Nc1ccc(C=Cc2ccccc2)c([NH+]([O-])O)c1. The molecule has 0 spiro atoms. The van der Waals surface area contributed by atoms with Gasteiger partial charge in [0.05, 0.1) is 0 Å². The predicted molar refractivity (Wildman–Crippen MR) is 72.0 cm³/mol. The van der Waals surface area contributed by atoms with Gasteiger partial charge in [0, 0.05) is 17.3 Å². The van der Waals surface area contributed by atoms with Crippen LogP contribution in [-0.2, 0) is 0 Å². The molecule has 0 aliphatic carbocycles. The third-order valence-corrected chi connectivity index (χ3v) is 2.56. The standard InChI is InChI=1S/C14H14N2O2/c15-13-9-8-12(14(10-13)16(17)18)7-6-11-4-2-1-3-5-11/h1-10,16-17H,15H2. The summed E-state index contributed by atoms with van der Waals surface area (Å²) in [5.74, 6) is 0. The number of hydrogen-bond acceptors (Lipinski definition) is 3. The Bertz CT molecular complexity index is 551. The molecule has 2 aromatic rings. The Balaban J connectivity index is 2.32. The first-order chi connectivity index (χ1) is 8.66. The Morgan fingerprint density at radius 2 is 1.78 bits per heavy atom. The summed E-state index contributed by atoms with van der Waals surface area (Å²) >= 11 is 0. The van der Waals surface area contributed by atoms with Crippen LogP contribution in [0, 0.1) is 5.21 Å². The third-order valence-electron chi connectivity index (χ3n) is 2.56. The molecule has 0 aliphatic heterocycles. The number of nitrogen functional groups attached to an aromatic ring is 1. The second-order valence-corrected chi connectivity index (χ2v) is 3.90. The molecule has 0 aromatic heterocycles. The van der Waals surface area contributed by atoms with E-state index in [0.29, 0.717) is 11.3 Å². The van der Waals surface area contributed by atoms with E-state index < -0.39 is 5.23 Å². The minimum atomic E-state index is -0.977. The highest BCUT2D eigenvalue weighted by atomic mass is 16.8. The van der Waals surface area contributed by atoms with Crippen molar-refractivity contribution in [3.05, 3.63) is 64.9 Å². The monoisotopic (exact) mass is 242 g/mol. The molecule has 0 amide bonds.